The van der Waals surface area contributed by atoms with Gasteiger partial charge in [-0.1, -0.05) is 37.6 Å². The summed E-state index contributed by atoms with van der Waals surface area (Å²) in [4.78, 5) is 0. The van der Waals surface area contributed by atoms with Gasteiger partial charge in [0.1, 0.15) is 5.75 Å². The average molecular weight is 277 g/mol. The zero-order valence-corrected chi connectivity index (χ0v) is 12.8. The molecule has 112 valence electrons. The molecule has 0 spiro atoms. The minimum absolute atomic E-state index is 0.644. The van der Waals surface area contributed by atoms with Crippen molar-refractivity contribution < 1.29 is 9.47 Å². The van der Waals surface area contributed by atoms with Gasteiger partial charge in [0, 0.05) is 13.1 Å². The van der Waals surface area contributed by atoms with E-state index in [1.165, 1.54) is 5.56 Å². The van der Waals surface area contributed by atoms with Crippen LogP contribution < -0.4 is 10.1 Å². The van der Waals surface area contributed by atoms with Crippen LogP contribution >= 0.6 is 0 Å². The van der Waals surface area contributed by atoms with Gasteiger partial charge in [-0.3, -0.25) is 0 Å². The van der Waals surface area contributed by atoms with Gasteiger partial charge in [0.05, 0.1) is 19.8 Å². The molecule has 20 heavy (non-hydrogen) atoms. The van der Waals surface area contributed by atoms with Crippen LogP contribution in [0.2, 0.25) is 0 Å². The Hall–Kier alpha value is -1.32. The largest absolute Gasteiger partial charge is 0.494 e. The lowest BCUT2D eigenvalue weighted by atomic mass is 10.2. The van der Waals surface area contributed by atoms with E-state index in [0.717, 1.165) is 43.9 Å². The number of benzene rings is 1. The summed E-state index contributed by atoms with van der Waals surface area (Å²) in [5.74, 6) is 0.951. The quantitative estimate of drug-likeness (QED) is 0.495. The molecule has 0 unspecified atom stereocenters. The Bertz CT molecular complexity index is 373. The van der Waals surface area contributed by atoms with Gasteiger partial charge in [-0.05, 0) is 31.0 Å². The molecule has 0 aliphatic carbocycles. The van der Waals surface area contributed by atoms with Gasteiger partial charge in [-0.25, -0.2) is 0 Å². The summed E-state index contributed by atoms with van der Waals surface area (Å²) in [7, 11) is 0. The summed E-state index contributed by atoms with van der Waals surface area (Å²) >= 11 is 0. The maximum atomic E-state index is 5.63. The molecule has 0 bridgehead atoms. The summed E-state index contributed by atoms with van der Waals surface area (Å²) in [6.07, 6.45) is 2.27. The summed E-state index contributed by atoms with van der Waals surface area (Å²) in [6, 6.07) is 8.26. The highest BCUT2D eigenvalue weighted by atomic mass is 16.5. The molecule has 0 saturated carbocycles. The van der Waals surface area contributed by atoms with Crippen LogP contribution in [0.5, 0.6) is 5.75 Å². The van der Waals surface area contributed by atoms with Crippen molar-refractivity contribution in [1.82, 2.24) is 5.32 Å². The zero-order chi connectivity index (χ0) is 14.6. The average Bonchev–Trinajstić information content (AvgIpc) is 2.44. The maximum Gasteiger partial charge on any atom is 0.119 e. The predicted molar refractivity (Wildman–Crippen MR) is 84.2 cm³/mol. The highest BCUT2D eigenvalue weighted by molar-refractivity contribution is 5.27. The topological polar surface area (TPSA) is 30.5 Å². The first kappa shape index (κ1) is 16.7. The first-order chi connectivity index (χ1) is 9.72. The van der Waals surface area contributed by atoms with E-state index < -0.39 is 0 Å². The fourth-order valence-corrected chi connectivity index (χ4v) is 1.66. The molecule has 0 amide bonds. The summed E-state index contributed by atoms with van der Waals surface area (Å²) in [6.45, 7) is 11.8. The van der Waals surface area contributed by atoms with Crippen LogP contribution in [0.4, 0.5) is 0 Å². The number of hydrogen-bond donors (Lipinski definition) is 1. The van der Waals surface area contributed by atoms with Crippen molar-refractivity contribution in [3.63, 3.8) is 0 Å². The molecular formula is C17H27NO2. The van der Waals surface area contributed by atoms with Crippen molar-refractivity contribution in [2.24, 2.45) is 0 Å². The number of unbranched alkanes of at least 4 members (excludes halogenated alkanes) is 1. The molecule has 0 heterocycles. The minimum atomic E-state index is 0.644. The fourth-order valence-electron chi connectivity index (χ4n) is 1.66. The molecular weight excluding hydrogens is 250 g/mol. The van der Waals surface area contributed by atoms with Crippen molar-refractivity contribution in [3.8, 4) is 5.75 Å². The van der Waals surface area contributed by atoms with Crippen LogP contribution in [-0.4, -0.2) is 26.4 Å². The molecule has 0 fully saturated rings. The van der Waals surface area contributed by atoms with Crippen LogP contribution in [-0.2, 0) is 11.3 Å². The van der Waals surface area contributed by atoms with Crippen LogP contribution in [0.25, 0.3) is 0 Å². The fraction of sp³-hybridized carbons (Fsp3) is 0.529. The van der Waals surface area contributed by atoms with E-state index in [4.69, 9.17) is 9.47 Å². The van der Waals surface area contributed by atoms with Gasteiger partial charge in [0.25, 0.3) is 0 Å². The van der Waals surface area contributed by atoms with Crippen LogP contribution in [0, 0.1) is 0 Å². The molecule has 1 aromatic rings. The predicted octanol–water partition coefficient (Wildman–Crippen LogP) is 3.55. The molecule has 0 radical (unpaired) electrons. The summed E-state index contributed by atoms with van der Waals surface area (Å²) < 4.78 is 11.1. The number of hydrogen-bond acceptors (Lipinski definition) is 3. The highest BCUT2D eigenvalue weighted by Gasteiger charge is 1.96. The van der Waals surface area contributed by atoms with E-state index in [0.29, 0.717) is 13.2 Å². The molecule has 0 aliphatic heterocycles. The molecule has 1 aromatic carbocycles. The van der Waals surface area contributed by atoms with E-state index in [1.807, 2.05) is 19.1 Å². The van der Waals surface area contributed by atoms with Gasteiger partial charge in [-0.2, -0.15) is 0 Å². The Labute approximate surface area is 123 Å². The van der Waals surface area contributed by atoms with Crippen LogP contribution in [0.15, 0.2) is 36.4 Å². The van der Waals surface area contributed by atoms with Gasteiger partial charge in [0.2, 0.25) is 0 Å². The molecule has 0 saturated heterocycles. The van der Waals surface area contributed by atoms with E-state index >= 15 is 0 Å². The number of nitrogens with one attached hydrogen (secondary N) is 1. The Morgan fingerprint density at radius 2 is 1.95 bits per heavy atom. The van der Waals surface area contributed by atoms with Crippen molar-refractivity contribution in [2.75, 3.05) is 26.4 Å². The third-order valence-corrected chi connectivity index (χ3v) is 2.79. The second kappa shape index (κ2) is 10.5. The van der Waals surface area contributed by atoms with E-state index in [2.05, 4.69) is 31.0 Å². The van der Waals surface area contributed by atoms with E-state index in [1.54, 1.807) is 0 Å². The SMILES string of the molecule is C=C(C)COCCNCc1ccc(OCCCC)cc1. The van der Waals surface area contributed by atoms with Crippen molar-refractivity contribution in [1.29, 1.82) is 0 Å². The Morgan fingerprint density at radius 3 is 2.60 bits per heavy atom. The number of rotatable bonds is 11. The van der Waals surface area contributed by atoms with Crippen LogP contribution in [0.3, 0.4) is 0 Å². The van der Waals surface area contributed by atoms with E-state index in [-0.39, 0.29) is 0 Å². The molecule has 0 aliphatic rings. The lowest BCUT2D eigenvalue weighted by Crippen LogP contribution is -2.19. The monoisotopic (exact) mass is 277 g/mol. The lowest BCUT2D eigenvalue weighted by Gasteiger charge is -2.08. The van der Waals surface area contributed by atoms with Crippen molar-refractivity contribution in [2.45, 2.75) is 33.2 Å². The maximum absolute atomic E-state index is 5.63. The smallest absolute Gasteiger partial charge is 0.119 e. The molecule has 3 heteroatoms. The normalized spacial score (nSPS) is 10.5. The van der Waals surface area contributed by atoms with Gasteiger partial charge in [0.15, 0.2) is 0 Å². The Morgan fingerprint density at radius 1 is 1.20 bits per heavy atom. The first-order valence-electron chi connectivity index (χ1n) is 7.37. The van der Waals surface area contributed by atoms with Gasteiger partial charge >= 0.3 is 0 Å². The molecule has 0 atom stereocenters. The van der Waals surface area contributed by atoms with Gasteiger partial charge < -0.3 is 14.8 Å². The second-order valence-corrected chi connectivity index (χ2v) is 5.03. The molecule has 1 N–H and O–H groups in total. The van der Waals surface area contributed by atoms with Crippen molar-refractivity contribution >= 4 is 0 Å². The number of ether oxygens (including phenoxy) is 2. The van der Waals surface area contributed by atoms with E-state index in [9.17, 15) is 0 Å². The summed E-state index contributed by atoms with van der Waals surface area (Å²) in [5.41, 5.74) is 2.32. The third kappa shape index (κ3) is 7.97. The first-order valence-corrected chi connectivity index (χ1v) is 7.37. The standard InChI is InChI=1S/C17H27NO2/c1-4-5-11-20-17-8-6-16(7-9-17)13-18-10-12-19-14-15(2)3/h6-9,18H,2,4-5,10-14H2,1,3H3. The molecule has 1 rings (SSSR count). The highest BCUT2D eigenvalue weighted by Crippen LogP contribution is 2.12. The zero-order valence-electron chi connectivity index (χ0n) is 12.8. The lowest BCUT2D eigenvalue weighted by molar-refractivity contribution is 0.158. The molecule has 0 aromatic heterocycles. The Balaban J connectivity index is 2.13. The third-order valence-electron chi connectivity index (χ3n) is 2.79. The minimum Gasteiger partial charge on any atom is -0.494 e. The van der Waals surface area contributed by atoms with Gasteiger partial charge in [-0.15, -0.1) is 0 Å². The molecule has 3 nitrogen and oxygen atoms in total. The Kier molecular flexibility index (Phi) is 8.76. The van der Waals surface area contributed by atoms with Crippen molar-refractivity contribution in [3.05, 3.63) is 42.0 Å². The summed E-state index contributed by atoms with van der Waals surface area (Å²) in [5, 5.41) is 3.35. The van der Waals surface area contributed by atoms with Crippen LogP contribution in [0.1, 0.15) is 32.3 Å². The second-order valence-electron chi connectivity index (χ2n) is 5.03.